The fourth-order valence-corrected chi connectivity index (χ4v) is 2.10. The van der Waals surface area contributed by atoms with E-state index in [0.717, 1.165) is 6.07 Å². The number of hydrogen-bond donors (Lipinski definition) is 1. The number of hydrogen-bond acceptors (Lipinski definition) is 4. The van der Waals surface area contributed by atoms with E-state index in [0.29, 0.717) is 6.42 Å². The monoisotopic (exact) mass is 308 g/mol. The molecule has 1 aromatic carbocycles. The highest BCUT2D eigenvalue weighted by Gasteiger charge is 2.21. The lowest BCUT2D eigenvalue weighted by Crippen LogP contribution is -2.18. The minimum absolute atomic E-state index is 0.181. The molecule has 0 aliphatic carbocycles. The van der Waals surface area contributed by atoms with Gasteiger partial charge < -0.3 is 14.0 Å². The zero-order valence-corrected chi connectivity index (χ0v) is 12.0. The Morgan fingerprint density at radius 2 is 2.00 bits per heavy atom. The van der Waals surface area contributed by atoms with Crippen LogP contribution in [0.2, 0.25) is 0 Å². The summed E-state index contributed by atoms with van der Waals surface area (Å²) in [7, 11) is 2.57. The van der Waals surface area contributed by atoms with Gasteiger partial charge in [-0.25, -0.2) is 13.5 Å². The summed E-state index contributed by atoms with van der Waals surface area (Å²) >= 11 is -2.34. The Balaban J connectivity index is 2.83. The Kier molecular flexibility index (Phi) is 7.17. The van der Waals surface area contributed by atoms with Crippen molar-refractivity contribution in [1.29, 1.82) is 0 Å². The van der Waals surface area contributed by atoms with Gasteiger partial charge in [0.1, 0.15) is 11.6 Å². The van der Waals surface area contributed by atoms with Crippen LogP contribution in [-0.2, 0) is 27.2 Å². The number of ether oxygens (including phenoxy) is 2. The molecule has 1 aromatic rings. The van der Waals surface area contributed by atoms with E-state index in [1.54, 1.807) is 0 Å². The Labute approximate surface area is 118 Å². The Bertz CT molecular complexity index is 469. The summed E-state index contributed by atoms with van der Waals surface area (Å²) in [6.07, 6.45) is -0.466. The molecule has 0 aromatic heterocycles. The van der Waals surface area contributed by atoms with E-state index >= 15 is 0 Å². The first-order valence-corrected chi connectivity index (χ1v) is 6.93. The van der Waals surface area contributed by atoms with Crippen LogP contribution in [0.5, 0.6) is 0 Å². The smallest absolute Gasteiger partial charge is 0.188 e. The lowest BCUT2D eigenvalue weighted by atomic mass is 10.0. The molecule has 8 heteroatoms. The van der Waals surface area contributed by atoms with E-state index in [4.69, 9.17) is 9.47 Å². The summed E-state index contributed by atoms with van der Waals surface area (Å²) in [5.41, 5.74) is -0.00755. The van der Waals surface area contributed by atoms with Gasteiger partial charge in [-0.3, -0.25) is 4.21 Å². The fraction of sp³-hybridized carbons (Fsp3) is 0.500. The van der Waals surface area contributed by atoms with Crippen molar-refractivity contribution in [2.75, 3.05) is 20.8 Å². The zero-order valence-electron chi connectivity index (χ0n) is 11.2. The molecule has 0 spiro atoms. The lowest BCUT2D eigenvalue weighted by Gasteiger charge is -2.17. The third-order valence-electron chi connectivity index (χ3n) is 2.71. The van der Waals surface area contributed by atoms with Gasteiger partial charge in [0.15, 0.2) is 6.29 Å². The lowest BCUT2D eigenvalue weighted by molar-refractivity contribution is -0.109. The molecule has 0 aliphatic rings. The molecule has 5 nitrogen and oxygen atoms in total. The number of nitrogens with one attached hydrogen (secondary N) is 1. The molecular weight excluding hydrogens is 292 g/mol. The number of benzene rings is 1. The van der Waals surface area contributed by atoms with Gasteiger partial charge in [-0.05, 0) is 24.5 Å². The van der Waals surface area contributed by atoms with Gasteiger partial charge in [0.25, 0.3) is 0 Å². The van der Waals surface area contributed by atoms with Crippen molar-refractivity contribution in [2.45, 2.75) is 19.1 Å². The Hall–Kier alpha value is -0.930. The SMILES string of the molecule is COC(OC)c1c(F)ccc(CCCNS(=O)[O-])c1F. The predicted molar refractivity (Wildman–Crippen MR) is 68.4 cm³/mol. The van der Waals surface area contributed by atoms with E-state index in [9.17, 15) is 17.5 Å². The van der Waals surface area contributed by atoms with Crippen LogP contribution < -0.4 is 4.72 Å². The molecule has 0 radical (unpaired) electrons. The predicted octanol–water partition coefficient (Wildman–Crippen LogP) is 1.57. The van der Waals surface area contributed by atoms with Gasteiger partial charge in [0.2, 0.25) is 0 Å². The van der Waals surface area contributed by atoms with Crippen LogP contribution in [0, 0.1) is 11.6 Å². The molecule has 1 unspecified atom stereocenters. The molecule has 0 fully saturated rings. The third kappa shape index (κ3) is 4.57. The number of halogens is 2. The van der Waals surface area contributed by atoms with E-state index in [1.807, 2.05) is 0 Å². The summed E-state index contributed by atoms with van der Waals surface area (Å²) in [4.78, 5) is 0. The van der Waals surface area contributed by atoms with Crippen LogP contribution in [0.4, 0.5) is 8.78 Å². The van der Waals surface area contributed by atoms with Gasteiger partial charge in [0.05, 0.1) is 5.56 Å². The van der Waals surface area contributed by atoms with Crippen LogP contribution in [-0.4, -0.2) is 29.5 Å². The van der Waals surface area contributed by atoms with Crippen molar-refractivity contribution < 1.29 is 27.0 Å². The van der Waals surface area contributed by atoms with Crippen molar-refractivity contribution >= 4 is 11.3 Å². The van der Waals surface area contributed by atoms with Crippen LogP contribution in [0.15, 0.2) is 12.1 Å². The molecular formula is C12H16F2NO4S-. The minimum Gasteiger partial charge on any atom is -0.760 e. The van der Waals surface area contributed by atoms with E-state index in [1.165, 1.54) is 20.3 Å². The molecule has 20 heavy (non-hydrogen) atoms. The van der Waals surface area contributed by atoms with Crippen molar-refractivity contribution in [1.82, 2.24) is 4.72 Å². The maximum atomic E-state index is 14.2. The maximum Gasteiger partial charge on any atom is 0.188 e. The number of methoxy groups -OCH3 is 2. The molecule has 0 heterocycles. The first-order valence-electron chi connectivity index (χ1n) is 5.86. The maximum absolute atomic E-state index is 14.2. The molecule has 1 N–H and O–H groups in total. The normalized spacial score (nSPS) is 12.9. The largest absolute Gasteiger partial charge is 0.760 e. The summed E-state index contributed by atoms with van der Waals surface area (Å²) in [5, 5.41) is 0. The highest BCUT2D eigenvalue weighted by molar-refractivity contribution is 7.77. The van der Waals surface area contributed by atoms with Gasteiger partial charge in [-0.1, -0.05) is 6.07 Å². The summed E-state index contributed by atoms with van der Waals surface area (Å²) in [5.74, 6) is -1.49. The van der Waals surface area contributed by atoms with Gasteiger partial charge in [-0.15, -0.1) is 0 Å². The van der Waals surface area contributed by atoms with Gasteiger partial charge in [-0.2, -0.15) is 0 Å². The van der Waals surface area contributed by atoms with Crippen molar-refractivity contribution in [2.24, 2.45) is 0 Å². The van der Waals surface area contributed by atoms with Crippen LogP contribution in [0.3, 0.4) is 0 Å². The van der Waals surface area contributed by atoms with E-state index in [2.05, 4.69) is 4.72 Å². The van der Waals surface area contributed by atoms with Crippen LogP contribution in [0.1, 0.15) is 23.8 Å². The second kappa shape index (κ2) is 8.38. The quantitative estimate of drug-likeness (QED) is 0.449. The average molecular weight is 308 g/mol. The molecule has 1 rings (SSSR count). The first-order chi connectivity index (χ1) is 9.51. The summed E-state index contributed by atoms with van der Waals surface area (Å²) < 4.78 is 60.3. The minimum atomic E-state index is -2.34. The van der Waals surface area contributed by atoms with Crippen LogP contribution >= 0.6 is 0 Å². The molecule has 1 atom stereocenters. The third-order valence-corrected chi connectivity index (χ3v) is 3.15. The molecule has 0 amide bonds. The van der Waals surface area contributed by atoms with Crippen molar-refractivity contribution in [3.05, 3.63) is 34.9 Å². The highest BCUT2D eigenvalue weighted by Crippen LogP contribution is 2.26. The topological polar surface area (TPSA) is 70.6 Å². The van der Waals surface area contributed by atoms with Crippen LogP contribution in [0.25, 0.3) is 0 Å². The highest BCUT2D eigenvalue weighted by atomic mass is 32.2. The summed E-state index contributed by atoms with van der Waals surface area (Å²) in [6, 6.07) is 2.46. The second-order valence-electron chi connectivity index (χ2n) is 3.97. The van der Waals surface area contributed by atoms with Crippen molar-refractivity contribution in [3.63, 3.8) is 0 Å². The molecule has 0 saturated carbocycles. The second-order valence-corrected chi connectivity index (χ2v) is 4.73. The van der Waals surface area contributed by atoms with E-state index < -0.39 is 29.2 Å². The molecule has 0 bridgehead atoms. The standard InChI is InChI=1S/C12H17F2NO4S/c1-18-12(19-2)10-9(13)6-5-8(11(10)14)4-3-7-15-20(16)17/h5-6,12,15H,3-4,7H2,1-2H3,(H,16,17)/p-1. The van der Waals surface area contributed by atoms with Gasteiger partial charge >= 0.3 is 0 Å². The molecule has 0 saturated heterocycles. The average Bonchev–Trinajstić information content (AvgIpc) is 2.41. The number of aryl methyl sites for hydroxylation is 1. The van der Waals surface area contributed by atoms with Gasteiger partial charge in [0, 0.05) is 32.0 Å². The zero-order chi connectivity index (χ0) is 15.1. The Morgan fingerprint density at radius 3 is 2.55 bits per heavy atom. The number of rotatable bonds is 8. The Morgan fingerprint density at radius 1 is 1.35 bits per heavy atom. The molecule has 0 aliphatic heterocycles. The summed E-state index contributed by atoms with van der Waals surface area (Å²) in [6.45, 7) is 0.181. The first kappa shape index (κ1) is 17.1. The van der Waals surface area contributed by atoms with E-state index in [-0.39, 0.29) is 24.1 Å². The van der Waals surface area contributed by atoms with Crippen molar-refractivity contribution in [3.8, 4) is 0 Å². The molecule has 114 valence electrons. The fourth-order valence-electron chi connectivity index (χ4n) is 1.79.